The lowest BCUT2D eigenvalue weighted by molar-refractivity contribution is 0.0992. The molecule has 6 nitrogen and oxygen atoms in total. The number of aromatic nitrogens is 2. The predicted molar refractivity (Wildman–Crippen MR) is 124 cm³/mol. The third kappa shape index (κ3) is 5.04. The standard InChI is InChI=1S/C25H19ClF5N3O3/c1-11-5-4-6-16(26)24(11)36-10-14-7-8-17(37-14)25(35)32-23-12(2)33-34(13(23)3)9-15-18(27)20(29)22(31)21(30)19(15)28/h4-8H,9-10H2,1-3H3,(H,32,35). The number of benzene rings is 2. The number of nitrogens with one attached hydrogen (secondary N) is 1. The Hall–Kier alpha value is -3.86. The summed E-state index contributed by atoms with van der Waals surface area (Å²) in [6.45, 7) is 4.06. The number of nitrogens with zero attached hydrogens (tertiary/aromatic N) is 2. The molecule has 12 heteroatoms. The zero-order valence-electron chi connectivity index (χ0n) is 19.7. The van der Waals surface area contributed by atoms with Crippen LogP contribution in [0.1, 0.15) is 38.8 Å². The van der Waals surface area contributed by atoms with E-state index in [9.17, 15) is 26.7 Å². The molecule has 0 unspecified atom stereocenters. The first-order valence-electron chi connectivity index (χ1n) is 10.8. The zero-order valence-corrected chi connectivity index (χ0v) is 20.4. The van der Waals surface area contributed by atoms with Gasteiger partial charge in [-0.05, 0) is 44.5 Å². The second kappa shape index (κ2) is 10.3. The number of carbonyl (C=O) groups excluding carboxylic acids is 1. The average Bonchev–Trinajstić information content (AvgIpc) is 3.44. The lowest BCUT2D eigenvalue weighted by Gasteiger charge is -2.10. The molecule has 1 amide bonds. The van der Waals surface area contributed by atoms with Crippen molar-refractivity contribution in [1.82, 2.24) is 9.78 Å². The number of anilines is 1. The van der Waals surface area contributed by atoms with Gasteiger partial charge in [-0.15, -0.1) is 0 Å². The van der Waals surface area contributed by atoms with Crippen molar-refractivity contribution in [1.29, 1.82) is 0 Å². The van der Waals surface area contributed by atoms with E-state index in [2.05, 4.69) is 10.4 Å². The lowest BCUT2D eigenvalue weighted by Crippen LogP contribution is -2.14. The molecule has 1 N–H and O–H groups in total. The van der Waals surface area contributed by atoms with Gasteiger partial charge in [-0.3, -0.25) is 9.48 Å². The van der Waals surface area contributed by atoms with Gasteiger partial charge in [0.2, 0.25) is 5.82 Å². The Bertz CT molecular complexity index is 1470. The summed E-state index contributed by atoms with van der Waals surface area (Å²) < 4.78 is 81.0. The number of para-hydroxylation sites is 1. The summed E-state index contributed by atoms with van der Waals surface area (Å²) in [4.78, 5) is 12.8. The largest absolute Gasteiger partial charge is 0.484 e. The summed E-state index contributed by atoms with van der Waals surface area (Å²) in [7, 11) is 0. The highest BCUT2D eigenvalue weighted by Crippen LogP contribution is 2.29. The van der Waals surface area contributed by atoms with Crippen LogP contribution in [0, 0.1) is 49.9 Å². The summed E-state index contributed by atoms with van der Waals surface area (Å²) in [5.74, 6) is -10.1. The average molecular weight is 540 g/mol. The van der Waals surface area contributed by atoms with Crippen LogP contribution in [0.25, 0.3) is 0 Å². The Balaban J connectivity index is 1.50. The number of carbonyl (C=O) groups is 1. The maximum atomic E-state index is 14.1. The summed E-state index contributed by atoms with van der Waals surface area (Å²) in [5, 5.41) is 7.09. The molecule has 2 heterocycles. The SMILES string of the molecule is Cc1cccc(Cl)c1OCc1ccc(C(=O)Nc2c(C)nn(Cc3c(F)c(F)c(F)c(F)c3F)c2C)o1. The molecule has 0 atom stereocenters. The number of ether oxygens (including phenoxy) is 1. The van der Waals surface area contributed by atoms with Crippen molar-refractivity contribution in [3.63, 3.8) is 0 Å². The lowest BCUT2D eigenvalue weighted by atomic mass is 10.1. The molecule has 4 aromatic rings. The van der Waals surface area contributed by atoms with E-state index in [-0.39, 0.29) is 29.4 Å². The van der Waals surface area contributed by atoms with Crippen LogP contribution in [0.15, 0.2) is 34.7 Å². The molecule has 0 aliphatic carbocycles. The molecule has 0 saturated carbocycles. The van der Waals surface area contributed by atoms with E-state index in [1.54, 1.807) is 18.2 Å². The van der Waals surface area contributed by atoms with Crippen molar-refractivity contribution in [3.05, 3.63) is 98.5 Å². The summed E-state index contributed by atoms with van der Waals surface area (Å²) in [5.41, 5.74) is 0.433. The number of hydrogen-bond acceptors (Lipinski definition) is 4. The van der Waals surface area contributed by atoms with Crippen LogP contribution < -0.4 is 10.1 Å². The molecule has 194 valence electrons. The number of amides is 1. The first-order valence-corrected chi connectivity index (χ1v) is 11.2. The normalized spacial score (nSPS) is 11.2. The van der Waals surface area contributed by atoms with Gasteiger partial charge in [-0.25, -0.2) is 22.0 Å². The number of aryl methyl sites for hydroxylation is 2. The maximum absolute atomic E-state index is 14.1. The number of halogens is 6. The van der Waals surface area contributed by atoms with Gasteiger partial charge in [0.15, 0.2) is 29.0 Å². The molecule has 2 aromatic carbocycles. The first kappa shape index (κ1) is 26.2. The molecular formula is C25H19ClF5N3O3. The van der Waals surface area contributed by atoms with Crippen molar-refractivity contribution in [2.45, 2.75) is 33.9 Å². The van der Waals surface area contributed by atoms with Gasteiger partial charge >= 0.3 is 0 Å². The van der Waals surface area contributed by atoms with Crippen LogP contribution in [0.5, 0.6) is 5.75 Å². The van der Waals surface area contributed by atoms with Crippen molar-refractivity contribution >= 4 is 23.2 Å². The second-order valence-electron chi connectivity index (χ2n) is 8.15. The minimum absolute atomic E-state index is 0.00968. The molecule has 0 saturated heterocycles. The smallest absolute Gasteiger partial charge is 0.291 e. The minimum Gasteiger partial charge on any atom is -0.484 e. The Kier molecular flexibility index (Phi) is 7.26. The molecule has 0 aliphatic rings. The quantitative estimate of drug-likeness (QED) is 0.163. The van der Waals surface area contributed by atoms with Gasteiger partial charge in [0.05, 0.1) is 34.2 Å². The Morgan fingerprint density at radius 3 is 2.30 bits per heavy atom. The van der Waals surface area contributed by atoms with E-state index in [1.807, 2.05) is 13.0 Å². The van der Waals surface area contributed by atoms with E-state index >= 15 is 0 Å². The molecule has 0 aliphatic heterocycles. The van der Waals surface area contributed by atoms with Gasteiger partial charge in [0.25, 0.3) is 5.91 Å². The van der Waals surface area contributed by atoms with Crippen LogP contribution in [0.4, 0.5) is 27.6 Å². The molecule has 4 rings (SSSR count). The molecule has 37 heavy (non-hydrogen) atoms. The molecular weight excluding hydrogens is 521 g/mol. The highest BCUT2D eigenvalue weighted by molar-refractivity contribution is 6.32. The van der Waals surface area contributed by atoms with Crippen LogP contribution in [0.3, 0.4) is 0 Å². The maximum Gasteiger partial charge on any atom is 0.291 e. The minimum atomic E-state index is -2.25. The Labute approximate surface area is 212 Å². The molecule has 0 spiro atoms. The molecule has 0 fully saturated rings. The van der Waals surface area contributed by atoms with E-state index < -0.39 is 47.1 Å². The van der Waals surface area contributed by atoms with Crippen molar-refractivity contribution in [2.75, 3.05) is 5.32 Å². The monoisotopic (exact) mass is 539 g/mol. The number of rotatable bonds is 7. The molecule has 2 aromatic heterocycles. The predicted octanol–water partition coefficient (Wildman–Crippen LogP) is 6.63. The summed E-state index contributed by atoms with van der Waals surface area (Å²) >= 11 is 6.14. The van der Waals surface area contributed by atoms with Crippen molar-refractivity contribution < 1.29 is 35.9 Å². The van der Waals surface area contributed by atoms with Crippen molar-refractivity contribution in [3.8, 4) is 5.75 Å². The number of furan rings is 1. The fourth-order valence-electron chi connectivity index (χ4n) is 3.67. The summed E-state index contributed by atoms with van der Waals surface area (Å²) in [6, 6.07) is 8.28. The van der Waals surface area contributed by atoms with E-state index in [4.69, 9.17) is 20.8 Å². The van der Waals surface area contributed by atoms with E-state index in [0.717, 1.165) is 10.2 Å². The fraction of sp³-hybridized carbons (Fsp3) is 0.200. The highest BCUT2D eigenvalue weighted by atomic mass is 35.5. The van der Waals surface area contributed by atoms with E-state index in [0.29, 0.717) is 16.5 Å². The van der Waals surface area contributed by atoms with Crippen LogP contribution in [-0.4, -0.2) is 15.7 Å². The topological polar surface area (TPSA) is 69.3 Å². The Morgan fingerprint density at radius 1 is 1.00 bits per heavy atom. The van der Waals surface area contributed by atoms with Gasteiger partial charge in [-0.2, -0.15) is 5.10 Å². The van der Waals surface area contributed by atoms with Crippen LogP contribution >= 0.6 is 11.6 Å². The van der Waals surface area contributed by atoms with Crippen molar-refractivity contribution in [2.24, 2.45) is 0 Å². The van der Waals surface area contributed by atoms with Crippen LogP contribution in [0.2, 0.25) is 5.02 Å². The van der Waals surface area contributed by atoms with Gasteiger partial charge in [0, 0.05) is 0 Å². The summed E-state index contributed by atoms with van der Waals surface area (Å²) in [6.07, 6.45) is 0. The molecule has 0 bridgehead atoms. The first-order chi connectivity index (χ1) is 17.5. The highest BCUT2D eigenvalue weighted by Gasteiger charge is 2.27. The third-order valence-corrected chi connectivity index (χ3v) is 5.93. The van der Waals surface area contributed by atoms with E-state index in [1.165, 1.54) is 19.9 Å². The second-order valence-corrected chi connectivity index (χ2v) is 8.55. The number of hydrogen-bond donors (Lipinski definition) is 1. The zero-order chi connectivity index (χ0) is 27.0. The fourth-order valence-corrected chi connectivity index (χ4v) is 3.94. The third-order valence-electron chi connectivity index (χ3n) is 5.64. The van der Waals surface area contributed by atoms with Gasteiger partial charge in [-0.1, -0.05) is 23.7 Å². The van der Waals surface area contributed by atoms with Crippen LogP contribution in [-0.2, 0) is 13.2 Å². The van der Waals surface area contributed by atoms with Gasteiger partial charge < -0.3 is 14.5 Å². The Morgan fingerprint density at radius 2 is 1.65 bits per heavy atom. The van der Waals surface area contributed by atoms with Gasteiger partial charge in [0.1, 0.15) is 18.1 Å². The molecule has 0 radical (unpaired) electrons.